The highest BCUT2D eigenvalue weighted by molar-refractivity contribution is 5.70. The summed E-state index contributed by atoms with van der Waals surface area (Å²) in [5, 5.41) is 4.27. The molecule has 0 N–H and O–H groups in total. The maximum absolute atomic E-state index is 5.30. The van der Waals surface area contributed by atoms with E-state index in [4.69, 9.17) is 4.74 Å². The zero-order valence-corrected chi connectivity index (χ0v) is 10.3. The lowest BCUT2D eigenvalue weighted by molar-refractivity contribution is 0.415. The minimum absolute atomic E-state index is 0.659. The molecular formula is C13H11N5O. The number of aromatic nitrogens is 5. The van der Waals surface area contributed by atoms with Gasteiger partial charge < -0.3 is 9.30 Å². The number of benzene rings is 1. The van der Waals surface area contributed by atoms with Crippen LogP contribution in [-0.2, 0) is 6.54 Å². The normalized spacial score (nSPS) is 12.3. The van der Waals surface area contributed by atoms with Crippen LogP contribution < -0.4 is 4.74 Å². The van der Waals surface area contributed by atoms with Gasteiger partial charge in [0.2, 0.25) is 0 Å². The zero-order chi connectivity index (χ0) is 12.8. The Morgan fingerprint density at radius 1 is 1.32 bits per heavy atom. The van der Waals surface area contributed by atoms with E-state index in [1.165, 1.54) is 0 Å². The molecule has 0 saturated carbocycles. The third-order valence-electron chi connectivity index (χ3n) is 3.35. The van der Waals surface area contributed by atoms with E-state index in [0.29, 0.717) is 6.54 Å². The van der Waals surface area contributed by atoms with Crippen molar-refractivity contribution in [1.29, 1.82) is 0 Å². The molecule has 6 nitrogen and oxygen atoms in total. The molecule has 1 aliphatic rings. The molecular weight excluding hydrogens is 242 g/mol. The van der Waals surface area contributed by atoms with E-state index in [0.717, 1.165) is 28.5 Å². The van der Waals surface area contributed by atoms with Crippen molar-refractivity contribution in [1.82, 2.24) is 24.3 Å². The van der Waals surface area contributed by atoms with Gasteiger partial charge in [-0.1, -0.05) is 0 Å². The highest BCUT2D eigenvalue weighted by atomic mass is 16.5. The summed E-state index contributed by atoms with van der Waals surface area (Å²) in [4.78, 5) is 8.57. The molecule has 94 valence electrons. The lowest BCUT2D eigenvalue weighted by Gasteiger charge is -2.09. The maximum atomic E-state index is 5.30. The second-order valence-corrected chi connectivity index (χ2v) is 4.38. The van der Waals surface area contributed by atoms with Gasteiger partial charge in [-0.05, 0) is 18.2 Å². The Balaban J connectivity index is 2.08. The van der Waals surface area contributed by atoms with Crippen molar-refractivity contribution in [2.24, 2.45) is 0 Å². The van der Waals surface area contributed by atoms with Crippen molar-refractivity contribution in [3.05, 3.63) is 42.7 Å². The van der Waals surface area contributed by atoms with Crippen LogP contribution >= 0.6 is 0 Å². The van der Waals surface area contributed by atoms with Crippen molar-refractivity contribution in [2.45, 2.75) is 6.54 Å². The number of hydrogen-bond donors (Lipinski definition) is 0. The Morgan fingerprint density at radius 2 is 2.26 bits per heavy atom. The fourth-order valence-corrected chi connectivity index (χ4v) is 2.43. The summed E-state index contributed by atoms with van der Waals surface area (Å²) >= 11 is 0. The van der Waals surface area contributed by atoms with Crippen molar-refractivity contribution >= 4 is 0 Å². The monoisotopic (exact) mass is 253 g/mol. The number of rotatable bonds is 1. The van der Waals surface area contributed by atoms with Gasteiger partial charge in [0, 0.05) is 5.56 Å². The van der Waals surface area contributed by atoms with Gasteiger partial charge in [0.25, 0.3) is 0 Å². The third kappa shape index (κ3) is 1.40. The fourth-order valence-electron chi connectivity index (χ4n) is 2.43. The molecule has 0 aliphatic carbocycles. The van der Waals surface area contributed by atoms with E-state index >= 15 is 0 Å². The molecule has 19 heavy (non-hydrogen) atoms. The number of hydrogen-bond acceptors (Lipinski definition) is 4. The molecule has 2 aromatic heterocycles. The molecule has 0 amide bonds. The summed E-state index contributed by atoms with van der Waals surface area (Å²) in [5.74, 6) is 1.65. The first kappa shape index (κ1) is 10.3. The summed E-state index contributed by atoms with van der Waals surface area (Å²) in [7, 11) is 1.66. The Kier molecular flexibility index (Phi) is 2.00. The Labute approximate surface area is 109 Å². The molecule has 1 aliphatic heterocycles. The first-order chi connectivity index (χ1) is 9.36. The maximum Gasteiger partial charge on any atom is 0.160 e. The molecule has 1 aromatic carbocycles. The summed E-state index contributed by atoms with van der Waals surface area (Å²) in [6.45, 7) is 0.659. The standard InChI is InChI=1S/C13H11N5O/c1-19-10-2-3-12-11(4-10)13-15-7-16-18(13)6-9-5-14-8-17(9)12/h2-5,7-8H,6H2,1H3. The van der Waals surface area contributed by atoms with Crippen LogP contribution in [0.5, 0.6) is 5.75 Å². The number of methoxy groups -OCH3 is 1. The van der Waals surface area contributed by atoms with E-state index in [-0.39, 0.29) is 0 Å². The molecule has 4 rings (SSSR count). The minimum atomic E-state index is 0.659. The fraction of sp³-hybridized carbons (Fsp3) is 0.154. The largest absolute Gasteiger partial charge is 0.497 e. The summed E-state index contributed by atoms with van der Waals surface area (Å²) < 4.78 is 9.23. The molecule has 0 bridgehead atoms. The van der Waals surface area contributed by atoms with Crippen LogP contribution in [0, 0.1) is 0 Å². The lowest BCUT2D eigenvalue weighted by Crippen LogP contribution is -2.03. The molecule has 0 atom stereocenters. The third-order valence-corrected chi connectivity index (χ3v) is 3.35. The number of fused-ring (bicyclic) bond motifs is 5. The van der Waals surface area contributed by atoms with Gasteiger partial charge in [-0.3, -0.25) is 0 Å². The number of nitrogens with zero attached hydrogens (tertiary/aromatic N) is 5. The van der Waals surface area contributed by atoms with E-state index in [1.807, 2.05) is 35.4 Å². The first-order valence-corrected chi connectivity index (χ1v) is 5.94. The molecule has 0 spiro atoms. The number of ether oxygens (including phenoxy) is 1. The molecule has 0 radical (unpaired) electrons. The van der Waals surface area contributed by atoms with Gasteiger partial charge in [-0.2, -0.15) is 5.10 Å². The SMILES string of the molecule is COc1ccc2c(c1)-c1ncnn1Cc1cncn1-2. The highest BCUT2D eigenvalue weighted by Crippen LogP contribution is 2.32. The average Bonchev–Trinajstić information content (AvgIpc) is 3.06. The van der Waals surface area contributed by atoms with Crippen LogP contribution in [0.3, 0.4) is 0 Å². The molecule has 3 aromatic rings. The van der Waals surface area contributed by atoms with Crippen LogP contribution in [0.15, 0.2) is 37.1 Å². The van der Waals surface area contributed by atoms with Gasteiger partial charge in [-0.25, -0.2) is 14.6 Å². The topological polar surface area (TPSA) is 57.8 Å². The van der Waals surface area contributed by atoms with E-state index in [9.17, 15) is 0 Å². The molecule has 0 fully saturated rings. The summed E-state index contributed by atoms with van der Waals surface area (Å²) in [6.07, 6.45) is 5.24. The highest BCUT2D eigenvalue weighted by Gasteiger charge is 2.20. The van der Waals surface area contributed by atoms with Crippen LogP contribution in [0.25, 0.3) is 17.1 Å². The minimum Gasteiger partial charge on any atom is -0.497 e. The second kappa shape index (κ2) is 3.68. The second-order valence-electron chi connectivity index (χ2n) is 4.38. The van der Waals surface area contributed by atoms with Crippen molar-refractivity contribution in [2.75, 3.05) is 7.11 Å². The van der Waals surface area contributed by atoms with E-state index in [2.05, 4.69) is 19.6 Å². The van der Waals surface area contributed by atoms with Crippen molar-refractivity contribution in [3.8, 4) is 22.8 Å². The van der Waals surface area contributed by atoms with E-state index < -0.39 is 0 Å². The molecule has 0 saturated heterocycles. The van der Waals surface area contributed by atoms with Gasteiger partial charge >= 0.3 is 0 Å². The van der Waals surface area contributed by atoms with Crippen molar-refractivity contribution in [3.63, 3.8) is 0 Å². The Hall–Kier alpha value is -2.63. The summed E-state index contributed by atoms with van der Waals surface area (Å²) in [5.41, 5.74) is 3.12. The lowest BCUT2D eigenvalue weighted by atomic mass is 10.1. The number of imidazole rings is 1. The Morgan fingerprint density at radius 3 is 3.16 bits per heavy atom. The van der Waals surface area contributed by atoms with Crippen LogP contribution in [0.2, 0.25) is 0 Å². The van der Waals surface area contributed by atoms with Gasteiger partial charge in [0.15, 0.2) is 5.82 Å². The van der Waals surface area contributed by atoms with Gasteiger partial charge in [-0.15, -0.1) is 0 Å². The zero-order valence-electron chi connectivity index (χ0n) is 10.3. The van der Waals surface area contributed by atoms with Crippen LogP contribution in [0.4, 0.5) is 0 Å². The van der Waals surface area contributed by atoms with Gasteiger partial charge in [0.1, 0.15) is 12.1 Å². The molecule has 3 heterocycles. The van der Waals surface area contributed by atoms with Crippen LogP contribution in [0.1, 0.15) is 5.69 Å². The summed E-state index contributed by atoms with van der Waals surface area (Å²) in [6, 6.07) is 5.93. The van der Waals surface area contributed by atoms with E-state index in [1.54, 1.807) is 13.4 Å². The predicted octanol–water partition coefficient (Wildman–Crippen LogP) is 1.50. The average molecular weight is 253 g/mol. The van der Waals surface area contributed by atoms with Gasteiger partial charge in [0.05, 0.1) is 37.6 Å². The predicted molar refractivity (Wildman–Crippen MR) is 68.2 cm³/mol. The van der Waals surface area contributed by atoms with Crippen LogP contribution in [-0.4, -0.2) is 31.4 Å². The first-order valence-electron chi connectivity index (χ1n) is 5.94. The Bertz CT molecular complexity index is 758. The smallest absolute Gasteiger partial charge is 0.160 e. The molecule has 0 unspecified atom stereocenters. The molecule has 6 heteroatoms. The quantitative estimate of drug-likeness (QED) is 0.516. The van der Waals surface area contributed by atoms with Crippen molar-refractivity contribution < 1.29 is 4.74 Å².